The van der Waals surface area contributed by atoms with Gasteiger partial charge < -0.3 is 37.3 Å². The predicted octanol–water partition coefficient (Wildman–Crippen LogP) is 10.4. The lowest BCUT2D eigenvalue weighted by Crippen LogP contribution is -2.22. The Labute approximate surface area is 341 Å². The zero-order valence-corrected chi connectivity index (χ0v) is 31.5. The number of benzene rings is 6. The minimum absolute atomic E-state index is 0.0184. The Morgan fingerprint density at radius 1 is 0.597 bits per heavy atom. The first-order valence-corrected chi connectivity index (χ1v) is 18.7. The van der Waals surface area contributed by atoms with Crippen molar-refractivity contribution in [1.29, 1.82) is 0 Å². The molecule has 62 heavy (non-hydrogen) atoms. The van der Waals surface area contributed by atoms with Crippen molar-refractivity contribution in [1.82, 2.24) is 9.13 Å². The molecule has 0 radical (unpaired) electrons. The van der Waals surface area contributed by atoms with E-state index in [4.69, 9.17) is 23.0 Å². The van der Waals surface area contributed by atoms with Gasteiger partial charge in [0.15, 0.2) is 34.6 Å². The summed E-state index contributed by atoms with van der Waals surface area (Å²) in [4.78, 5) is 49.5. The molecule has 2 aliphatic heterocycles. The van der Waals surface area contributed by atoms with Crippen LogP contribution in [-0.4, -0.2) is 32.8 Å². The maximum atomic E-state index is 14.7. The maximum absolute atomic E-state index is 14.7. The van der Waals surface area contributed by atoms with Crippen molar-refractivity contribution in [3.63, 3.8) is 0 Å². The van der Waals surface area contributed by atoms with Crippen LogP contribution in [0.1, 0.15) is 27.6 Å². The molecule has 304 valence electrons. The fourth-order valence-electron chi connectivity index (χ4n) is 8.12. The van der Waals surface area contributed by atoms with Gasteiger partial charge in [-0.2, -0.15) is 8.78 Å². The van der Waals surface area contributed by atoms with Crippen molar-refractivity contribution in [2.75, 3.05) is 6.61 Å². The summed E-state index contributed by atoms with van der Waals surface area (Å²) in [5.41, 5.74) is 0.452. The Balaban J connectivity index is 0.000000140. The van der Waals surface area contributed by atoms with E-state index in [9.17, 15) is 41.8 Å². The number of carbonyl (C=O) groups is 2. The highest BCUT2D eigenvalue weighted by Crippen LogP contribution is 2.47. The summed E-state index contributed by atoms with van der Waals surface area (Å²) in [6.45, 7) is 1.66. The lowest BCUT2D eigenvalue weighted by molar-refractivity contribution is 0.0523. The van der Waals surface area contributed by atoms with Gasteiger partial charge >= 0.3 is 11.9 Å². The molecule has 0 aliphatic carbocycles. The van der Waals surface area contributed by atoms with E-state index in [0.29, 0.717) is 45.2 Å². The van der Waals surface area contributed by atoms with Crippen LogP contribution in [0.4, 0.5) is 17.6 Å². The summed E-state index contributed by atoms with van der Waals surface area (Å²) in [7, 11) is 0. The number of esters is 1. The lowest BCUT2D eigenvalue weighted by Gasteiger charge is -2.24. The number of hydrogen-bond donors (Lipinski definition) is 1. The molecule has 0 atom stereocenters. The average molecular weight is 839 g/mol. The standard InChI is InChI=1S/C24H13F2NO5.C22H9F2NO5/c1-2-30-24(29)14-10-27-16-9-18-12(11-5-3-4-6-17(11)31-18)8-19(16)32-23-20(26)15(25)7-13(21(23)27)22(14)28;23-13-5-11-19-21(18(13)24)30-17-6-10-9-3-1-2-4-15(9)29-16(10)7-14(17)25(19)8-12(20(11)26)22(27)28/h3-10H,2H2,1H3;1-8H,(H,27,28). The van der Waals surface area contributed by atoms with Crippen molar-refractivity contribution in [3.8, 4) is 34.4 Å². The molecule has 6 heterocycles. The number of hydrogen-bond acceptors (Lipinski definition) is 9. The van der Waals surface area contributed by atoms with Gasteiger partial charge in [0.25, 0.3) is 0 Å². The van der Waals surface area contributed by atoms with Gasteiger partial charge in [0, 0.05) is 46.1 Å². The third-order valence-electron chi connectivity index (χ3n) is 10.9. The van der Waals surface area contributed by atoms with Crippen LogP contribution >= 0.6 is 0 Å². The van der Waals surface area contributed by atoms with E-state index < -0.39 is 63.1 Å². The molecule has 1 N–H and O–H groups in total. The Morgan fingerprint density at radius 2 is 1.05 bits per heavy atom. The molecular formula is C46H22F4N2O10. The predicted molar refractivity (Wildman–Crippen MR) is 217 cm³/mol. The minimum atomic E-state index is -1.48. The van der Waals surface area contributed by atoms with E-state index in [1.54, 1.807) is 37.3 Å². The van der Waals surface area contributed by atoms with Crippen LogP contribution in [0.3, 0.4) is 0 Å². The van der Waals surface area contributed by atoms with Gasteiger partial charge in [-0.1, -0.05) is 36.4 Å². The number of aromatic nitrogens is 2. The second kappa shape index (κ2) is 13.0. The van der Waals surface area contributed by atoms with Crippen molar-refractivity contribution in [2.24, 2.45) is 0 Å². The minimum Gasteiger partial charge on any atom is -0.477 e. The molecule has 16 heteroatoms. The van der Waals surface area contributed by atoms with Crippen LogP contribution < -0.4 is 20.3 Å². The van der Waals surface area contributed by atoms with Crippen molar-refractivity contribution >= 4 is 77.6 Å². The number of para-hydroxylation sites is 2. The van der Waals surface area contributed by atoms with Crippen molar-refractivity contribution in [2.45, 2.75) is 6.92 Å². The number of nitrogens with zero attached hydrogens (tertiary/aromatic N) is 2. The number of rotatable bonds is 3. The second-order valence-electron chi connectivity index (χ2n) is 14.3. The van der Waals surface area contributed by atoms with E-state index in [1.807, 2.05) is 42.5 Å². The number of ether oxygens (including phenoxy) is 3. The van der Waals surface area contributed by atoms with Crippen molar-refractivity contribution < 1.29 is 55.3 Å². The first-order chi connectivity index (χ1) is 29.9. The molecule has 0 amide bonds. The molecule has 0 bridgehead atoms. The number of aromatic carboxylic acids is 1. The fourth-order valence-corrected chi connectivity index (χ4v) is 8.12. The SMILES string of the molecule is CCOC(=O)c1cn2c3c(c(F)c(F)cc3c1=O)Oc1cc3c(cc1-2)oc1ccccc13.O=C(O)c1cn2c3c(c(F)c(F)cc3c1=O)Oc1cc3c(cc1-2)oc1ccccc13. The van der Waals surface area contributed by atoms with E-state index in [1.165, 1.54) is 15.3 Å². The van der Waals surface area contributed by atoms with Gasteiger partial charge in [0.2, 0.25) is 22.5 Å². The summed E-state index contributed by atoms with van der Waals surface area (Å²) in [6, 6.07) is 22.7. The second-order valence-corrected chi connectivity index (χ2v) is 14.3. The van der Waals surface area contributed by atoms with Gasteiger partial charge in [-0.25, -0.2) is 18.4 Å². The van der Waals surface area contributed by atoms with Crippen LogP contribution in [0.15, 0.2) is 116 Å². The van der Waals surface area contributed by atoms with Crippen LogP contribution in [0, 0.1) is 23.3 Å². The maximum Gasteiger partial charge on any atom is 0.343 e. The molecule has 2 aliphatic rings. The third-order valence-corrected chi connectivity index (χ3v) is 10.9. The molecule has 0 saturated carbocycles. The average Bonchev–Trinajstić information content (AvgIpc) is 3.81. The largest absolute Gasteiger partial charge is 0.477 e. The van der Waals surface area contributed by atoms with E-state index in [2.05, 4.69) is 0 Å². The zero-order chi connectivity index (χ0) is 42.9. The lowest BCUT2D eigenvalue weighted by atomic mass is 10.1. The van der Waals surface area contributed by atoms with Crippen LogP contribution in [0.2, 0.25) is 0 Å². The Morgan fingerprint density at radius 3 is 1.52 bits per heavy atom. The molecule has 12 rings (SSSR count). The summed E-state index contributed by atoms with van der Waals surface area (Å²) in [6.07, 6.45) is 2.35. The molecule has 0 spiro atoms. The molecule has 0 fully saturated rings. The molecule has 12 nitrogen and oxygen atoms in total. The number of pyridine rings is 2. The highest BCUT2D eigenvalue weighted by atomic mass is 19.2. The topological polar surface area (TPSA) is 152 Å². The van der Waals surface area contributed by atoms with E-state index >= 15 is 0 Å². The number of fused-ring (bicyclic) bond motifs is 10. The molecule has 0 unspecified atom stereocenters. The van der Waals surface area contributed by atoms with Gasteiger partial charge in [-0.15, -0.1) is 0 Å². The summed E-state index contributed by atoms with van der Waals surface area (Å²) in [5, 5.41) is 12.0. The molecule has 6 aromatic carbocycles. The smallest absolute Gasteiger partial charge is 0.343 e. The van der Waals surface area contributed by atoms with Gasteiger partial charge in [-0.3, -0.25) is 9.59 Å². The van der Waals surface area contributed by atoms with Crippen LogP contribution in [-0.2, 0) is 4.74 Å². The number of halogens is 4. The molecular weight excluding hydrogens is 817 g/mol. The van der Waals surface area contributed by atoms with E-state index in [-0.39, 0.29) is 45.5 Å². The number of carboxylic acid groups (broad SMARTS) is 1. The molecule has 0 saturated heterocycles. The summed E-state index contributed by atoms with van der Waals surface area (Å²) in [5.74, 6) is -7.88. The number of carbonyl (C=O) groups excluding carboxylic acids is 1. The monoisotopic (exact) mass is 838 g/mol. The summed E-state index contributed by atoms with van der Waals surface area (Å²) >= 11 is 0. The van der Waals surface area contributed by atoms with Gasteiger partial charge in [0.05, 0.1) is 28.8 Å². The van der Waals surface area contributed by atoms with Crippen LogP contribution in [0.5, 0.6) is 23.0 Å². The Hall–Kier alpha value is -8.40. The number of furan rings is 2. The first-order valence-electron chi connectivity index (χ1n) is 18.7. The highest BCUT2D eigenvalue weighted by molar-refractivity contribution is 6.08. The Kier molecular flexibility index (Phi) is 7.72. The Bertz CT molecular complexity index is 3830. The summed E-state index contributed by atoms with van der Waals surface area (Å²) < 4.78 is 88.9. The van der Waals surface area contributed by atoms with Crippen molar-refractivity contribution in [3.05, 3.63) is 152 Å². The first kappa shape index (κ1) is 36.7. The van der Waals surface area contributed by atoms with Gasteiger partial charge in [0.1, 0.15) is 44.5 Å². The zero-order valence-electron chi connectivity index (χ0n) is 31.5. The van der Waals surface area contributed by atoms with E-state index in [0.717, 1.165) is 28.4 Å². The van der Waals surface area contributed by atoms with Gasteiger partial charge in [-0.05, 0) is 43.3 Å². The fraction of sp³-hybridized carbons (Fsp3) is 0.0435. The third kappa shape index (κ3) is 5.12. The normalized spacial score (nSPS) is 12.3. The quantitative estimate of drug-likeness (QED) is 0.134. The van der Waals surface area contributed by atoms with Crippen LogP contribution in [0.25, 0.3) is 77.1 Å². The molecule has 4 aromatic heterocycles. The number of carboxylic acids is 1. The molecule has 10 aromatic rings. The highest BCUT2D eigenvalue weighted by Gasteiger charge is 2.32.